The lowest BCUT2D eigenvalue weighted by molar-refractivity contribution is -0.384. The number of hydrogen-bond acceptors (Lipinski definition) is 5. The molecule has 0 saturated heterocycles. The van der Waals surface area contributed by atoms with Crippen LogP contribution >= 0.6 is 11.6 Å². The van der Waals surface area contributed by atoms with E-state index in [9.17, 15) is 23.3 Å². The van der Waals surface area contributed by atoms with Gasteiger partial charge in [-0.1, -0.05) is 41.9 Å². The first-order valence-corrected chi connectivity index (χ1v) is 9.80. The molecule has 3 aromatic carbocycles. The van der Waals surface area contributed by atoms with Gasteiger partial charge in [0.25, 0.3) is 15.7 Å². The van der Waals surface area contributed by atoms with Crippen LogP contribution in [0.25, 0.3) is 0 Å². The van der Waals surface area contributed by atoms with Gasteiger partial charge in [-0.25, -0.2) is 8.42 Å². The van der Waals surface area contributed by atoms with Gasteiger partial charge in [0, 0.05) is 22.7 Å². The lowest BCUT2D eigenvalue weighted by Crippen LogP contribution is -2.16. The molecule has 0 atom stereocenters. The van der Waals surface area contributed by atoms with Crippen molar-refractivity contribution >= 4 is 38.8 Å². The molecule has 0 aliphatic carbocycles. The molecule has 0 aliphatic heterocycles. The SMILES string of the molecule is O=C(c1ccccc1)c1cc([N+](=O)[O-])ccc1NS(=O)(=O)c1ccc(Cl)cc1. The van der Waals surface area contributed by atoms with Gasteiger partial charge >= 0.3 is 0 Å². The number of halogens is 1. The summed E-state index contributed by atoms with van der Waals surface area (Å²) < 4.78 is 27.6. The minimum atomic E-state index is -4.03. The number of sulfonamides is 1. The summed E-state index contributed by atoms with van der Waals surface area (Å²) >= 11 is 5.78. The molecular formula is C19H13ClN2O5S. The third-order valence-corrected chi connectivity index (χ3v) is 5.50. The molecule has 0 radical (unpaired) electrons. The van der Waals surface area contributed by atoms with E-state index in [1.807, 2.05) is 0 Å². The molecule has 0 spiro atoms. The lowest BCUT2D eigenvalue weighted by atomic mass is 10.0. The van der Waals surface area contributed by atoms with Gasteiger partial charge in [0.1, 0.15) is 0 Å². The van der Waals surface area contributed by atoms with Crippen molar-refractivity contribution in [2.75, 3.05) is 4.72 Å². The topological polar surface area (TPSA) is 106 Å². The molecule has 142 valence electrons. The van der Waals surface area contributed by atoms with Crippen LogP contribution in [-0.4, -0.2) is 19.1 Å². The first kappa shape index (κ1) is 19.5. The minimum Gasteiger partial charge on any atom is -0.289 e. The normalized spacial score (nSPS) is 11.0. The molecule has 0 fully saturated rings. The molecule has 28 heavy (non-hydrogen) atoms. The second-order valence-corrected chi connectivity index (χ2v) is 7.86. The molecule has 0 amide bonds. The van der Waals surface area contributed by atoms with Gasteiger partial charge in [-0.15, -0.1) is 0 Å². The number of anilines is 1. The van der Waals surface area contributed by atoms with Crippen molar-refractivity contribution in [3.8, 4) is 0 Å². The fourth-order valence-corrected chi connectivity index (χ4v) is 3.69. The Bertz CT molecular complexity index is 1150. The van der Waals surface area contributed by atoms with E-state index in [1.165, 1.54) is 30.3 Å². The number of ketones is 1. The van der Waals surface area contributed by atoms with Crippen LogP contribution in [0.3, 0.4) is 0 Å². The third kappa shape index (κ3) is 4.19. The smallest absolute Gasteiger partial charge is 0.270 e. The predicted molar refractivity (Wildman–Crippen MR) is 105 cm³/mol. The van der Waals surface area contributed by atoms with Crippen LogP contribution in [0.5, 0.6) is 0 Å². The number of nitrogens with one attached hydrogen (secondary N) is 1. The molecule has 1 N–H and O–H groups in total. The van der Waals surface area contributed by atoms with Gasteiger partial charge in [-0.05, 0) is 30.3 Å². The Morgan fingerprint density at radius 1 is 0.964 bits per heavy atom. The van der Waals surface area contributed by atoms with E-state index < -0.39 is 20.7 Å². The Kier molecular flexibility index (Phi) is 5.43. The van der Waals surface area contributed by atoms with E-state index >= 15 is 0 Å². The summed E-state index contributed by atoms with van der Waals surface area (Å²) in [5.41, 5.74) is -0.240. The molecule has 0 bridgehead atoms. The number of carbonyl (C=O) groups excluding carboxylic acids is 1. The maximum absolute atomic E-state index is 12.8. The van der Waals surface area contributed by atoms with Crippen molar-refractivity contribution in [1.82, 2.24) is 0 Å². The molecule has 0 heterocycles. The van der Waals surface area contributed by atoms with Crippen molar-refractivity contribution in [1.29, 1.82) is 0 Å². The Labute approximate surface area is 165 Å². The van der Waals surface area contributed by atoms with Crippen LogP contribution in [0.2, 0.25) is 5.02 Å². The highest BCUT2D eigenvalue weighted by atomic mass is 35.5. The fraction of sp³-hybridized carbons (Fsp3) is 0. The maximum atomic E-state index is 12.8. The number of rotatable bonds is 6. The third-order valence-electron chi connectivity index (χ3n) is 3.86. The highest BCUT2D eigenvalue weighted by Gasteiger charge is 2.22. The zero-order chi connectivity index (χ0) is 20.3. The summed E-state index contributed by atoms with van der Waals surface area (Å²) in [6, 6.07) is 16.9. The van der Waals surface area contributed by atoms with Gasteiger partial charge in [0.2, 0.25) is 0 Å². The summed E-state index contributed by atoms with van der Waals surface area (Å²) in [4.78, 5) is 23.2. The molecule has 0 aromatic heterocycles. The van der Waals surface area contributed by atoms with Crippen LogP contribution in [0.1, 0.15) is 15.9 Å². The fourth-order valence-electron chi connectivity index (χ4n) is 2.49. The number of nitro benzene ring substituents is 1. The molecule has 9 heteroatoms. The maximum Gasteiger partial charge on any atom is 0.270 e. The zero-order valence-corrected chi connectivity index (χ0v) is 15.8. The van der Waals surface area contributed by atoms with Gasteiger partial charge in [-0.2, -0.15) is 0 Å². The highest BCUT2D eigenvalue weighted by molar-refractivity contribution is 7.92. The summed E-state index contributed by atoms with van der Waals surface area (Å²) in [7, 11) is -4.03. The zero-order valence-electron chi connectivity index (χ0n) is 14.2. The van der Waals surface area contributed by atoms with Crippen molar-refractivity contribution in [2.45, 2.75) is 4.90 Å². The van der Waals surface area contributed by atoms with Crippen molar-refractivity contribution in [2.24, 2.45) is 0 Å². The first-order chi connectivity index (χ1) is 13.3. The Morgan fingerprint density at radius 2 is 1.61 bits per heavy atom. The quantitative estimate of drug-likeness (QED) is 0.366. The van der Waals surface area contributed by atoms with Crippen LogP contribution < -0.4 is 4.72 Å². The summed E-state index contributed by atoms with van der Waals surface area (Å²) in [5, 5.41) is 11.5. The van der Waals surface area contributed by atoms with Gasteiger partial charge in [0.15, 0.2) is 5.78 Å². The standard InChI is InChI=1S/C19H13ClN2O5S/c20-14-6-9-16(10-7-14)28(26,27)21-18-11-8-15(22(24)25)12-17(18)19(23)13-4-2-1-3-5-13/h1-12,21H. The van der Waals surface area contributed by atoms with E-state index in [1.54, 1.807) is 30.3 Å². The van der Waals surface area contributed by atoms with E-state index in [0.717, 1.165) is 12.1 Å². The van der Waals surface area contributed by atoms with Gasteiger partial charge < -0.3 is 0 Å². The molecule has 3 rings (SSSR count). The largest absolute Gasteiger partial charge is 0.289 e. The van der Waals surface area contributed by atoms with Crippen molar-refractivity contribution in [3.63, 3.8) is 0 Å². The molecule has 3 aromatic rings. The monoisotopic (exact) mass is 416 g/mol. The van der Waals surface area contributed by atoms with Gasteiger partial charge in [0.05, 0.1) is 21.1 Å². The first-order valence-electron chi connectivity index (χ1n) is 7.94. The molecule has 7 nitrogen and oxygen atoms in total. The second kappa shape index (κ2) is 7.79. The van der Waals surface area contributed by atoms with Gasteiger partial charge in [-0.3, -0.25) is 19.6 Å². The number of non-ortho nitro benzene ring substituents is 1. The number of nitro groups is 1. The van der Waals surface area contributed by atoms with Crippen LogP contribution in [-0.2, 0) is 10.0 Å². The predicted octanol–water partition coefficient (Wildman–Crippen LogP) is 4.28. The Hall–Kier alpha value is -3.23. The Balaban J connectivity index is 2.06. The summed E-state index contributed by atoms with van der Waals surface area (Å²) in [5.74, 6) is -0.543. The molecule has 0 unspecified atom stereocenters. The summed E-state index contributed by atoms with van der Waals surface area (Å²) in [6.45, 7) is 0. The van der Waals surface area contributed by atoms with E-state index in [2.05, 4.69) is 4.72 Å². The molecule has 0 aliphatic rings. The second-order valence-electron chi connectivity index (χ2n) is 5.74. The van der Waals surface area contributed by atoms with Crippen LogP contribution in [0, 0.1) is 10.1 Å². The van der Waals surface area contributed by atoms with Crippen molar-refractivity contribution in [3.05, 3.63) is 99.1 Å². The number of carbonyl (C=O) groups is 1. The number of hydrogen-bond donors (Lipinski definition) is 1. The number of nitrogens with zero attached hydrogens (tertiary/aromatic N) is 1. The lowest BCUT2D eigenvalue weighted by Gasteiger charge is -2.12. The van der Waals surface area contributed by atoms with E-state index in [4.69, 9.17) is 11.6 Å². The Morgan fingerprint density at radius 3 is 2.21 bits per heavy atom. The average molecular weight is 417 g/mol. The molecule has 0 saturated carbocycles. The highest BCUT2D eigenvalue weighted by Crippen LogP contribution is 2.27. The van der Waals surface area contributed by atoms with E-state index in [-0.39, 0.29) is 27.4 Å². The van der Waals surface area contributed by atoms with Crippen molar-refractivity contribution < 1.29 is 18.1 Å². The minimum absolute atomic E-state index is 0.0607. The number of benzene rings is 3. The van der Waals surface area contributed by atoms with E-state index in [0.29, 0.717) is 5.02 Å². The average Bonchev–Trinajstić information content (AvgIpc) is 2.68. The summed E-state index contributed by atoms with van der Waals surface area (Å²) in [6.07, 6.45) is 0. The van der Waals surface area contributed by atoms with Crippen LogP contribution in [0.15, 0.2) is 77.7 Å². The molecular weight excluding hydrogens is 404 g/mol. The van der Waals surface area contributed by atoms with Crippen LogP contribution in [0.4, 0.5) is 11.4 Å².